The van der Waals surface area contributed by atoms with Crippen molar-refractivity contribution in [2.45, 2.75) is 30.9 Å². The molecule has 1 saturated heterocycles. The summed E-state index contributed by atoms with van der Waals surface area (Å²) in [6.07, 6.45) is -1.13. The van der Waals surface area contributed by atoms with Gasteiger partial charge in [0.2, 0.25) is 10.0 Å². The molecule has 0 radical (unpaired) electrons. The monoisotopic (exact) mass is 497 g/mol. The van der Waals surface area contributed by atoms with E-state index >= 15 is 0 Å². The van der Waals surface area contributed by atoms with Crippen LogP contribution in [0.25, 0.3) is 0 Å². The molecule has 10 heteroatoms. The minimum Gasteiger partial charge on any atom is -0.514 e. The van der Waals surface area contributed by atoms with E-state index in [1.165, 1.54) is 25.1 Å². The molecule has 0 N–H and O–H groups in total. The van der Waals surface area contributed by atoms with Gasteiger partial charge in [0.1, 0.15) is 6.10 Å². The lowest BCUT2D eigenvalue weighted by atomic mass is 9.74. The Balaban J connectivity index is 1.75. The number of aryl methyl sites for hydroxylation is 1. The Morgan fingerprint density at radius 2 is 1.74 bits per heavy atom. The molecule has 3 aromatic carbocycles. The van der Waals surface area contributed by atoms with Crippen molar-refractivity contribution in [3.63, 3.8) is 0 Å². The van der Waals surface area contributed by atoms with Gasteiger partial charge in [0.05, 0.1) is 10.5 Å². The van der Waals surface area contributed by atoms with E-state index in [9.17, 15) is 18.0 Å². The van der Waals surface area contributed by atoms with Gasteiger partial charge in [0.15, 0.2) is 6.04 Å². The Labute approximate surface area is 203 Å². The molecule has 3 aromatic rings. The molecule has 1 heterocycles. The van der Waals surface area contributed by atoms with E-state index in [0.717, 1.165) is 9.78 Å². The third kappa shape index (κ3) is 4.73. The smallest absolute Gasteiger partial charge is 0.502 e. The molecule has 4 rings (SSSR count). The Hall–Kier alpha value is -3.14. The fourth-order valence-electron chi connectivity index (χ4n) is 3.74. The summed E-state index contributed by atoms with van der Waals surface area (Å²) in [5.41, 5.74) is 1.53. The van der Waals surface area contributed by atoms with Gasteiger partial charge < -0.3 is 9.39 Å². The largest absolute Gasteiger partial charge is 0.514 e. The lowest BCUT2D eigenvalue weighted by molar-refractivity contribution is -0.136. The average molecular weight is 498 g/mol. The fourth-order valence-corrected chi connectivity index (χ4v) is 5.63. The van der Waals surface area contributed by atoms with Gasteiger partial charge in [-0.25, -0.2) is 13.2 Å². The van der Waals surface area contributed by atoms with E-state index in [2.05, 4.69) is 0 Å². The summed E-state index contributed by atoms with van der Waals surface area (Å²) >= 11 is 6.11. The molecular weight excluding hydrogens is 477 g/mol. The zero-order valence-corrected chi connectivity index (χ0v) is 20.0. The molecule has 0 spiro atoms. The normalized spacial score (nSPS) is 17.3. The topological polar surface area (TPSA) is 90.0 Å². The molecule has 1 aliphatic heterocycles. The van der Waals surface area contributed by atoms with E-state index in [1.54, 1.807) is 60.7 Å². The van der Waals surface area contributed by atoms with Gasteiger partial charge in [-0.2, -0.15) is 4.22 Å². The minimum atomic E-state index is -4.24. The summed E-state index contributed by atoms with van der Waals surface area (Å²) in [6.45, 7) is 3.30. The Bertz CT molecular complexity index is 1320. The quantitative estimate of drug-likeness (QED) is 0.384. The Morgan fingerprint density at radius 3 is 2.38 bits per heavy atom. The molecule has 1 aliphatic rings. The third-order valence-corrected chi connectivity index (χ3v) is 7.53. The van der Waals surface area contributed by atoms with Crippen LogP contribution in [0.3, 0.4) is 0 Å². The summed E-state index contributed by atoms with van der Waals surface area (Å²) in [6, 6.07) is 19.5. The van der Waals surface area contributed by atoms with Crippen LogP contribution in [-0.4, -0.2) is 43.8 Å². The number of ether oxygens (including phenoxy) is 1. The van der Waals surface area contributed by atoms with Crippen molar-refractivity contribution in [2.75, 3.05) is 0 Å². The third-order valence-electron chi connectivity index (χ3n) is 5.45. The van der Waals surface area contributed by atoms with Crippen LogP contribution >= 0.6 is 11.6 Å². The molecule has 174 valence electrons. The number of nitrogens with zero attached hydrogens (tertiary/aromatic N) is 1. The second-order valence-electron chi connectivity index (χ2n) is 7.91. The van der Waals surface area contributed by atoms with E-state index in [-0.39, 0.29) is 10.5 Å². The molecule has 0 saturated carbocycles. The Morgan fingerprint density at radius 1 is 1.06 bits per heavy atom. The van der Waals surface area contributed by atoms with Crippen LogP contribution in [0, 0.1) is 6.92 Å². The maximum atomic E-state index is 13.8. The summed E-state index contributed by atoms with van der Waals surface area (Å²) in [7, 11) is -5.52. The first-order valence-electron chi connectivity index (χ1n) is 10.5. The van der Waals surface area contributed by atoms with Gasteiger partial charge in [-0.05, 0) is 55.7 Å². The molecule has 2 atom stereocenters. The van der Waals surface area contributed by atoms with Crippen molar-refractivity contribution < 1.29 is 27.4 Å². The molecule has 0 unspecified atom stereocenters. The van der Waals surface area contributed by atoms with Crippen molar-refractivity contribution in [3.8, 4) is 0 Å². The van der Waals surface area contributed by atoms with E-state index < -0.39 is 41.2 Å². The highest BCUT2D eigenvalue weighted by Gasteiger charge is 2.56. The van der Waals surface area contributed by atoms with Crippen molar-refractivity contribution in [3.05, 3.63) is 95.0 Å². The zero-order chi connectivity index (χ0) is 24.5. The first-order valence-corrected chi connectivity index (χ1v) is 12.3. The zero-order valence-electron chi connectivity index (χ0n) is 18.4. The van der Waals surface area contributed by atoms with Crippen LogP contribution in [0.2, 0.25) is 5.02 Å². The highest BCUT2D eigenvalue weighted by Crippen LogP contribution is 2.29. The van der Waals surface area contributed by atoms with Gasteiger partial charge in [-0.15, -0.1) is 0 Å². The molecule has 0 amide bonds. The highest BCUT2D eigenvalue weighted by molar-refractivity contribution is 7.90. The van der Waals surface area contributed by atoms with Crippen LogP contribution in [0.4, 0.5) is 0 Å². The molecule has 0 aliphatic carbocycles. The van der Waals surface area contributed by atoms with E-state index in [4.69, 9.17) is 21.0 Å². The van der Waals surface area contributed by atoms with Gasteiger partial charge in [-0.3, -0.25) is 4.79 Å². The van der Waals surface area contributed by atoms with Gasteiger partial charge in [-0.1, -0.05) is 59.6 Å². The lowest BCUT2D eigenvalue weighted by Gasteiger charge is -2.27. The number of halogens is 1. The molecule has 34 heavy (non-hydrogen) atoms. The summed E-state index contributed by atoms with van der Waals surface area (Å²) < 4.78 is 39.5. The van der Waals surface area contributed by atoms with Crippen LogP contribution < -0.4 is 5.46 Å². The molecule has 1 fully saturated rings. The molecular formula is C24H21BClNO6S. The number of benzene rings is 3. The summed E-state index contributed by atoms with van der Waals surface area (Å²) in [4.78, 5) is 25.6. The predicted octanol–water partition coefficient (Wildman–Crippen LogP) is 3.21. The summed E-state index contributed by atoms with van der Waals surface area (Å²) in [5, 5.41) is 0.355. The van der Waals surface area contributed by atoms with Crippen LogP contribution in [0.15, 0.2) is 83.8 Å². The number of hydrogen-bond donors (Lipinski definition) is 0. The molecule has 7 nitrogen and oxygen atoms in total. The Kier molecular flexibility index (Phi) is 6.79. The number of carbonyl (C=O) groups is 2. The fraction of sp³-hybridized carbons (Fsp3) is 0.167. The lowest BCUT2D eigenvalue weighted by Crippen LogP contribution is -2.54. The van der Waals surface area contributed by atoms with E-state index in [0.29, 0.717) is 10.5 Å². The van der Waals surface area contributed by atoms with Crippen LogP contribution in [0.5, 0.6) is 0 Å². The van der Waals surface area contributed by atoms with Crippen molar-refractivity contribution in [1.82, 2.24) is 4.22 Å². The number of carbonyl (C=O) groups excluding carboxylic acids is 2. The first kappa shape index (κ1) is 24.0. The maximum absolute atomic E-state index is 13.8. The van der Waals surface area contributed by atoms with Gasteiger partial charge in [0.25, 0.3) is 0 Å². The minimum absolute atomic E-state index is 0.0185. The van der Waals surface area contributed by atoms with Gasteiger partial charge in [0, 0.05) is 5.02 Å². The number of sulfonamides is 1. The highest BCUT2D eigenvalue weighted by atomic mass is 35.5. The number of hydrogen-bond acceptors (Lipinski definition) is 6. The number of rotatable bonds is 6. The van der Waals surface area contributed by atoms with Crippen LogP contribution in [-0.2, 0) is 24.2 Å². The second-order valence-corrected chi connectivity index (χ2v) is 10.2. The SMILES string of the molecule is Cc1ccc(S(=O)(=O)N2B(c3cccc(Cl)c3)OC(=O)[C@@H]2[C@H](C)OC(=O)c2ccccc2)cc1. The average Bonchev–Trinajstić information content (AvgIpc) is 3.18. The van der Waals surface area contributed by atoms with Crippen LogP contribution in [0.1, 0.15) is 22.8 Å². The van der Waals surface area contributed by atoms with Crippen molar-refractivity contribution >= 4 is 46.1 Å². The van der Waals surface area contributed by atoms with Gasteiger partial charge >= 0.3 is 19.0 Å². The number of esters is 1. The predicted molar refractivity (Wildman–Crippen MR) is 128 cm³/mol. The molecule has 0 bridgehead atoms. The standard InChI is InChI=1S/C24H21BClNO6S/c1-16-11-13-21(14-12-16)34(30,31)27-22(17(2)32-23(28)18-7-4-3-5-8-18)24(29)33-25(27)19-9-6-10-20(26)15-19/h3-15,17,22H,1-2H3/t17-,22-/m0/s1. The van der Waals surface area contributed by atoms with Crippen molar-refractivity contribution in [2.24, 2.45) is 0 Å². The van der Waals surface area contributed by atoms with Crippen molar-refractivity contribution in [1.29, 1.82) is 0 Å². The van der Waals surface area contributed by atoms with E-state index in [1.807, 2.05) is 6.92 Å². The summed E-state index contributed by atoms with van der Waals surface area (Å²) in [5.74, 6) is -1.51. The first-order chi connectivity index (χ1) is 16.2. The second kappa shape index (κ2) is 9.62. The maximum Gasteiger partial charge on any atom is 0.502 e. The molecule has 0 aromatic heterocycles.